The SMILES string of the molecule is CCOC(=O)NC(=O)COc1cccc(CC(=O)O)c1. The number of nitrogens with one attached hydrogen (secondary N) is 1. The van der Waals surface area contributed by atoms with Crippen LogP contribution in [0.25, 0.3) is 0 Å². The second-order valence-corrected chi connectivity index (χ2v) is 3.78. The van der Waals surface area contributed by atoms with Gasteiger partial charge in [0.15, 0.2) is 6.61 Å². The zero-order valence-corrected chi connectivity index (χ0v) is 10.9. The lowest BCUT2D eigenvalue weighted by atomic mass is 10.1. The molecule has 0 unspecified atom stereocenters. The molecule has 0 radical (unpaired) electrons. The van der Waals surface area contributed by atoms with Crippen molar-refractivity contribution in [3.63, 3.8) is 0 Å². The largest absolute Gasteiger partial charge is 0.484 e. The van der Waals surface area contributed by atoms with Crippen LogP contribution in [-0.2, 0) is 20.7 Å². The second-order valence-electron chi connectivity index (χ2n) is 3.78. The van der Waals surface area contributed by atoms with Crippen molar-refractivity contribution in [1.82, 2.24) is 5.32 Å². The highest BCUT2D eigenvalue weighted by molar-refractivity contribution is 5.92. The molecule has 0 heterocycles. The van der Waals surface area contributed by atoms with Crippen LogP contribution in [0.1, 0.15) is 12.5 Å². The molecular weight excluding hydrogens is 266 g/mol. The van der Waals surface area contributed by atoms with Crippen molar-refractivity contribution < 1.29 is 29.0 Å². The van der Waals surface area contributed by atoms with Crippen LogP contribution in [0.2, 0.25) is 0 Å². The van der Waals surface area contributed by atoms with Crippen LogP contribution >= 0.6 is 0 Å². The fourth-order valence-electron chi connectivity index (χ4n) is 1.39. The van der Waals surface area contributed by atoms with Gasteiger partial charge in [-0.15, -0.1) is 0 Å². The van der Waals surface area contributed by atoms with Gasteiger partial charge in [-0.1, -0.05) is 12.1 Å². The molecule has 0 fully saturated rings. The third-order valence-corrected chi connectivity index (χ3v) is 2.14. The zero-order valence-electron chi connectivity index (χ0n) is 10.9. The number of hydrogen-bond donors (Lipinski definition) is 2. The number of alkyl carbamates (subject to hydrolysis) is 1. The summed E-state index contributed by atoms with van der Waals surface area (Å²) in [5, 5.41) is 10.6. The van der Waals surface area contributed by atoms with E-state index in [9.17, 15) is 14.4 Å². The third kappa shape index (κ3) is 5.85. The Bertz CT molecular complexity index is 499. The Morgan fingerprint density at radius 2 is 2.05 bits per heavy atom. The van der Waals surface area contributed by atoms with E-state index in [4.69, 9.17) is 9.84 Å². The van der Waals surface area contributed by atoms with Crippen LogP contribution in [0.5, 0.6) is 5.75 Å². The Hall–Kier alpha value is -2.57. The topological polar surface area (TPSA) is 102 Å². The van der Waals surface area contributed by atoms with Crippen molar-refractivity contribution >= 4 is 18.0 Å². The molecule has 2 N–H and O–H groups in total. The quantitative estimate of drug-likeness (QED) is 0.805. The van der Waals surface area contributed by atoms with Crippen LogP contribution in [0.15, 0.2) is 24.3 Å². The van der Waals surface area contributed by atoms with Gasteiger partial charge in [-0.05, 0) is 24.6 Å². The first-order chi connectivity index (χ1) is 9.51. The lowest BCUT2D eigenvalue weighted by Crippen LogP contribution is -2.34. The molecule has 20 heavy (non-hydrogen) atoms. The number of hydrogen-bond acceptors (Lipinski definition) is 5. The standard InChI is InChI=1S/C13H15NO6/c1-2-19-13(18)14-11(15)8-20-10-5-3-4-9(6-10)7-12(16)17/h3-6H,2,7-8H2,1H3,(H,16,17)(H,14,15,18). The third-order valence-electron chi connectivity index (χ3n) is 2.14. The molecule has 7 nitrogen and oxygen atoms in total. The van der Waals surface area contributed by atoms with Gasteiger partial charge in [-0.2, -0.15) is 0 Å². The maximum atomic E-state index is 11.3. The molecule has 108 valence electrons. The second kappa shape index (κ2) is 7.78. The summed E-state index contributed by atoms with van der Waals surface area (Å²) in [6, 6.07) is 6.37. The number of imide groups is 1. The molecule has 0 bridgehead atoms. The average molecular weight is 281 g/mol. The van der Waals surface area contributed by atoms with Gasteiger partial charge in [0.2, 0.25) is 0 Å². The predicted octanol–water partition coefficient (Wildman–Crippen LogP) is 0.965. The van der Waals surface area contributed by atoms with Gasteiger partial charge in [0.05, 0.1) is 13.0 Å². The fourth-order valence-corrected chi connectivity index (χ4v) is 1.39. The molecule has 0 saturated carbocycles. The van der Waals surface area contributed by atoms with E-state index in [1.54, 1.807) is 25.1 Å². The Balaban J connectivity index is 2.47. The van der Waals surface area contributed by atoms with Gasteiger partial charge < -0.3 is 14.6 Å². The highest BCUT2D eigenvalue weighted by Crippen LogP contribution is 2.13. The molecule has 0 aliphatic rings. The number of ether oxygens (including phenoxy) is 2. The van der Waals surface area contributed by atoms with Crippen LogP contribution in [0.3, 0.4) is 0 Å². The molecule has 0 aliphatic heterocycles. The smallest absolute Gasteiger partial charge is 0.413 e. The number of aliphatic carboxylic acids is 1. The summed E-state index contributed by atoms with van der Waals surface area (Å²) in [5.41, 5.74) is 0.556. The minimum atomic E-state index is -0.956. The highest BCUT2D eigenvalue weighted by atomic mass is 16.5. The number of benzene rings is 1. The van der Waals surface area contributed by atoms with Crippen molar-refractivity contribution in [1.29, 1.82) is 0 Å². The number of amides is 2. The minimum absolute atomic E-state index is 0.133. The van der Waals surface area contributed by atoms with Crippen LogP contribution in [-0.4, -0.2) is 36.3 Å². The van der Waals surface area contributed by atoms with Crippen LogP contribution in [0.4, 0.5) is 4.79 Å². The van der Waals surface area contributed by atoms with Crippen molar-refractivity contribution in [3.05, 3.63) is 29.8 Å². The maximum Gasteiger partial charge on any atom is 0.413 e. The molecular formula is C13H15NO6. The summed E-state index contributed by atoms with van der Waals surface area (Å²) in [6.45, 7) is 1.42. The molecule has 1 rings (SSSR count). The number of carboxylic acids is 1. The van der Waals surface area contributed by atoms with Crippen molar-refractivity contribution in [2.75, 3.05) is 13.2 Å². The van der Waals surface area contributed by atoms with E-state index in [0.29, 0.717) is 11.3 Å². The number of carbonyl (C=O) groups is 3. The first kappa shape index (κ1) is 15.5. The van der Waals surface area contributed by atoms with Crippen molar-refractivity contribution in [2.24, 2.45) is 0 Å². The normalized spacial score (nSPS) is 9.65. The molecule has 0 saturated heterocycles. The zero-order chi connectivity index (χ0) is 15.0. The highest BCUT2D eigenvalue weighted by Gasteiger charge is 2.09. The van der Waals surface area contributed by atoms with Gasteiger partial charge in [0.25, 0.3) is 5.91 Å². The number of rotatable bonds is 6. The Labute approximate surface area is 115 Å². The molecule has 1 aromatic rings. The lowest BCUT2D eigenvalue weighted by Gasteiger charge is -2.07. The summed E-state index contributed by atoms with van der Waals surface area (Å²) in [5.74, 6) is -1.25. The fraction of sp³-hybridized carbons (Fsp3) is 0.308. The minimum Gasteiger partial charge on any atom is -0.484 e. The van der Waals surface area contributed by atoms with E-state index in [0.717, 1.165) is 0 Å². The van der Waals surface area contributed by atoms with Crippen LogP contribution in [0, 0.1) is 0 Å². The number of carbonyl (C=O) groups excluding carboxylic acids is 2. The first-order valence-electron chi connectivity index (χ1n) is 5.91. The average Bonchev–Trinajstić information content (AvgIpc) is 2.36. The summed E-state index contributed by atoms with van der Waals surface area (Å²) in [4.78, 5) is 32.9. The Kier molecular flexibility index (Phi) is 6.02. The maximum absolute atomic E-state index is 11.3. The first-order valence-corrected chi connectivity index (χ1v) is 5.91. The van der Waals surface area contributed by atoms with Crippen molar-refractivity contribution in [3.8, 4) is 5.75 Å². The molecule has 0 aromatic heterocycles. The summed E-state index contributed by atoms with van der Waals surface area (Å²) < 4.78 is 9.69. The summed E-state index contributed by atoms with van der Waals surface area (Å²) in [6.07, 6.45) is -0.965. The van der Waals surface area contributed by atoms with Gasteiger partial charge >= 0.3 is 12.1 Å². The molecule has 1 aromatic carbocycles. The molecule has 0 aliphatic carbocycles. The van der Waals surface area contributed by atoms with Gasteiger partial charge in [-0.25, -0.2) is 4.79 Å². The molecule has 0 spiro atoms. The molecule has 0 atom stereocenters. The number of carboxylic acid groups (broad SMARTS) is 1. The summed E-state index contributed by atoms with van der Waals surface area (Å²) in [7, 11) is 0. The van der Waals surface area contributed by atoms with E-state index >= 15 is 0 Å². The van der Waals surface area contributed by atoms with Gasteiger partial charge in [-0.3, -0.25) is 14.9 Å². The Morgan fingerprint density at radius 1 is 1.30 bits per heavy atom. The predicted molar refractivity (Wildman–Crippen MR) is 68.4 cm³/mol. The van der Waals surface area contributed by atoms with Crippen molar-refractivity contribution in [2.45, 2.75) is 13.3 Å². The van der Waals surface area contributed by atoms with E-state index in [2.05, 4.69) is 4.74 Å². The van der Waals surface area contributed by atoms with E-state index < -0.39 is 18.0 Å². The summed E-state index contributed by atoms with van der Waals surface area (Å²) >= 11 is 0. The van der Waals surface area contributed by atoms with Crippen LogP contribution < -0.4 is 10.1 Å². The monoisotopic (exact) mass is 281 g/mol. The van der Waals surface area contributed by atoms with E-state index in [1.165, 1.54) is 6.07 Å². The van der Waals surface area contributed by atoms with E-state index in [-0.39, 0.29) is 19.6 Å². The van der Waals surface area contributed by atoms with Gasteiger partial charge in [0, 0.05) is 0 Å². The lowest BCUT2D eigenvalue weighted by molar-refractivity contribution is -0.136. The molecule has 7 heteroatoms. The van der Waals surface area contributed by atoms with E-state index in [1.807, 2.05) is 5.32 Å². The molecule has 2 amide bonds. The van der Waals surface area contributed by atoms with Gasteiger partial charge in [0.1, 0.15) is 5.75 Å². The Morgan fingerprint density at radius 3 is 2.70 bits per heavy atom.